The highest BCUT2D eigenvalue weighted by molar-refractivity contribution is 9.10. The second kappa shape index (κ2) is 5.73. The summed E-state index contributed by atoms with van der Waals surface area (Å²) in [6.07, 6.45) is 2.63. The third-order valence-electron chi connectivity index (χ3n) is 2.53. The van der Waals surface area contributed by atoms with Gasteiger partial charge in [-0.2, -0.15) is 0 Å². The maximum Gasteiger partial charge on any atom is 0.0944 e. The highest BCUT2D eigenvalue weighted by Crippen LogP contribution is 2.23. The van der Waals surface area contributed by atoms with Crippen molar-refractivity contribution in [3.8, 4) is 0 Å². The number of nitrogens with one attached hydrogen (secondary N) is 1. The smallest absolute Gasteiger partial charge is 0.0944 e. The van der Waals surface area contributed by atoms with E-state index >= 15 is 0 Å². The Labute approximate surface area is 113 Å². The van der Waals surface area contributed by atoms with Crippen LogP contribution in [0.25, 0.3) is 0 Å². The van der Waals surface area contributed by atoms with Gasteiger partial charge in [-0.3, -0.25) is 11.3 Å². The predicted molar refractivity (Wildman–Crippen MR) is 74.8 cm³/mol. The molecule has 0 saturated carbocycles. The van der Waals surface area contributed by atoms with Crippen molar-refractivity contribution in [1.29, 1.82) is 0 Å². The van der Waals surface area contributed by atoms with E-state index in [9.17, 15) is 0 Å². The van der Waals surface area contributed by atoms with Crippen LogP contribution in [0.5, 0.6) is 0 Å². The zero-order chi connectivity index (χ0) is 12.3. The van der Waals surface area contributed by atoms with E-state index in [1.165, 1.54) is 11.1 Å². The van der Waals surface area contributed by atoms with Crippen molar-refractivity contribution in [2.24, 2.45) is 5.84 Å². The predicted octanol–water partition coefficient (Wildman–Crippen LogP) is 2.96. The van der Waals surface area contributed by atoms with Gasteiger partial charge in [0.1, 0.15) is 0 Å². The van der Waals surface area contributed by atoms with Crippen molar-refractivity contribution < 1.29 is 0 Å². The monoisotopic (exact) mass is 311 g/mol. The summed E-state index contributed by atoms with van der Waals surface area (Å²) in [5, 5.41) is 3.07. The van der Waals surface area contributed by atoms with Gasteiger partial charge in [0.15, 0.2) is 0 Å². The SMILES string of the molecule is Cc1cc(Br)cc(C(Cc2nccs2)NN)c1. The van der Waals surface area contributed by atoms with Crippen LogP contribution < -0.4 is 11.3 Å². The van der Waals surface area contributed by atoms with E-state index in [0.717, 1.165) is 15.9 Å². The summed E-state index contributed by atoms with van der Waals surface area (Å²) < 4.78 is 1.08. The summed E-state index contributed by atoms with van der Waals surface area (Å²) in [4.78, 5) is 4.29. The lowest BCUT2D eigenvalue weighted by molar-refractivity contribution is 0.550. The van der Waals surface area contributed by atoms with Crippen LogP contribution in [0.15, 0.2) is 34.2 Å². The summed E-state index contributed by atoms with van der Waals surface area (Å²) in [6.45, 7) is 2.07. The molecule has 0 aliphatic carbocycles. The Morgan fingerprint density at radius 3 is 2.88 bits per heavy atom. The second-order valence-electron chi connectivity index (χ2n) is 3.91. The second-order valence-corrected chi connectivity index (χ2v) is 5.81. The van der Waals surface area contributed by atoms with Crippen LogP contribution in [-0.2, 0) is 6.42 Å². The van der Waals surface area contributed by atoms with Gasteiger partial charge in [-0.1, -0.05) is 22.0 Å². The summed E-state index contributed by atoms with van der Waals surface area (Å²) in [5.41, 5.74) is 5.25. The van der Waals surface area contributed by atoms with Crippen molar-refractivity contribution >= 4 is 27.3 Å². The molecule has 0 radical (unpaired) electrons. The minimum Gasteiger partial charge on any atom is -0.271 e. The number of nitrogens with two attached hydrogens (primary N) is 1. The van der Waals surface area contributed by atoms with Gasteiger partial charge in [-0.25, -0.2) is 4.98 Å². The minimum atomic E-state index is 0.0948. The van der Waals surface area contributed by atoms with Crippen molar-refractivity contribution in [1.82, 2.24) is 10.4 Å². The molecule has 90 valence electrons. The molecule has 1 aromatic carbocycles. The topological polar surface area (TPSA) is 50.9 Å². The molecule has 0 aliphatic heterocycles. The van der Waals surface area contributed by atoms with Crippen LogP contribution in [0.4, 0.5) is 0 Å². The molecule has 0 bridgehead atoms. The van der Waals surface area contributed by atoms with Crippen LogP contribution in [0, 0.1) is 6.92 Å². The van der Waals surface area contributed by atoms with E-state index in [0.29, 0.717) is 0 Å². The molecule has 0 aliphatic rings. The van der Waals surface area contributed by atoms with Crippen molar-refractivity contribution in [3.63, 3.8) is 0 Å². The maximum atomic E-state index is 5.63. The van der Waals surface area contributed by atoms with Gasteiger partial charge in [0.05, 0.1) is 11.0 Å². The first-order valence-corrected chi connectivity index (χ1v) is 6.98. The average Bonchev–Trinajstić information content (AvgIpc) is 2.77. The molecule has 0 spiro atoms. The Bertz CT molecular complexity index is 464. The molecule has 1 heterocycles. The number of hydrogen-bond acceptors (Lipinski definition) is 4. The molecular weight excluding hydrogens is 298 g/mol. The molecule has 17 heavy (non-hydrogen) atoms. The Morgan fingerprint density at radius 2 is 2.29 bits per heavy atom. The number of rotatable bonds is 4. The Morgan fingerprint density at radius 1 is 1.47 bits per heavy atom. The molecular formula is C12H14BrN3S. The normalized spacial score (nSPS) is 12.6. The van der Waals surface area contributed by atoms with Crippen LogP contribution in [0.3, 0.4) is 0 Å². The fourth-order valence-corrected chi connectivity index (χ4v) is 3.06. The summed E-state index contributed by atoms with van der Waals surface area (Å²) in [7, 11) is 0. The highest BCUT2D eigenvalue weighted by Gasteiger charge is 2.12. The number of thiazole rings is 1. The quantitative estimate of drug-likeness (QED) is 0.674. The third-order valence-corrected chi connectivity index (χ3v) is 3.79. The third kappa shape index (κ3) is 3.35. The first-order chi connectivity index (χ1) is 8.19. The van der Waals surface area contributed by atoms with Gasteiger partial charge < -0.3 is 0 Å². The minimum absolute atomic E-state index is 0.0948. The number of nitrogens with zero attached hydrogens (tertiary/aromatic N) is 1. The number of halogens is 1. The molecule has 5 heteroatoms. The van der Waals surface area contributed by atoms with Crippen LogP contribution >= 0.6 is 27.3 Å². The molecule has 0 fully saturated rings. The average molecular weight is 312 g/mol. The van der Waals surface area contributed by atoms with Crippen molar-refractivity contribution in [2.45, 2.75) is 19.4 Å². The molecule has 1 atom stereocenters. The molecule has 1 aromatic heterocycles. The van der Waals surface area contributed by atoms with Gasteiger partial charge in [-0.05, 0) is 30.2 Å². The van der Waals surface area contributed by atoms with Crippen molar-refractivity contribution in [2.75, 3.05) is 0 Å². The number of benzene rings is 1. The number of hydrazine groups is 1. The fraction of sp³-hybridized carbons (Fsp3) is 0.250. The first kappa shape index (κ1) is 12.7. The van der Waals surface area contributed by atoms with Gasteiger partial charge in [-0.15, -0.1) is 11.3 Å². The van der Waals surface area contributed by atoms with E-state index in [4.69, 9.17) is 5.84 Å². The van der Waals surface area contributed by atoms with Gasteiger partial charge in [0.25, 0.3) is 0 Å². The molecule has 3 N–H and O–H groups in total. The maximum absolute atomic E-state index is 5.63. The molecule has 2 aromatic rings. The summed E-state index contributed by atoms with van der Waals surface area (Å²) in [6, 6.07) is 6.41. The van der Waals surface area contributed by atoms with Crippen LogP contribution in [0.2, 0.25) is 0 Å². The number of hydrogen-bond donors (Lipinski definition) is 2. The van der Waals surface area contributed by atoms with Gasteiger partial charge >= 0.3 is 0 Å². The standard InChI is InChI=1S/C12H14BrN3S/c1-8-4-9(6-10(13)5-8)11(16-14)7-12-15-2-3-17-12/h2-6,11,16H,7,14H2,1H3. The van der Waals surface area contributed by atoms with E-state index in [1.54, 1.807) is 11.3 Å². The summed E-state index contributed by atoms with van der Waals surface area (Å²) in [5.74, 6) is 5.63. The lowest BCUT2D eigenvalue weighted by atomic mass is 10.0. The largest absolute Gasteiger partial charge is 0.271 e. The fourth-order valence-electron chi connectivity index (χ4n) is 1.77. The lowest BCUT2D eigenvalue weighted by Gasteiger charge is -2.16. The Kier molecular flexibility index (Phi) is 4.28. The molecule has 0 saturated heterocycles. The zero-order valence-electron chi connectivity index (χ0n) is 9.48. The Balaban J connectivity index is 2.22. The molecule has 2 rings (SSSR count). The number of aryl methyl sites for hydroxylation is 1. The Hall–Kier alpha value is -0.750. The zero-order valence-corrected chi connectivity index (χ0v) is 11.9. The van der Waals surface area contributed by atoms with Crippen LogP contribution in [0.1, 0.15) is 22.2 Å². The van der Waals surface area contributed by atoms with Gasteiger partial charge in [0, 0.05) is 22.5 Å². The molecule has 3 nitrogen and oxygen atoms in total. The highest BCUT2D eigenvalue weighted by atomic mass is 79.9. The van der Waals surface area contributed by atoms with E-state index in [1.807, 2.05) is 11.6 Å². The van der Waals surface area contributed by atoms with Crippen molar-refractivity contribution in [3.05, 3.63) is 50.4 Å². The number of aromatic nitrogens is 1. The lowest BCUT2D eigenvalue weighted by Crippen LogP contribution is -2.29. The first-order valence-electron chi connectivity index (χ1n) is 5.30. The summed E-state index contributed by atoms with van der Waals surface area (Å²) >= 11 is 5.16. The molecule has 0 amide bonds. The molecule has 1 unspecified atom stereocenters. The van der Waals surface area contributed by atoms with E-state index in [-0.39, 0.29) is 6.04 Å². The van der Waals surface area contributed by atoms with Gasteiger partial charge in [0.2, 0.25) is 0 Å². The van der Waals surface area contributed by atoms with E-state index in [2.05, 4.69) is 51.5 Å². The van der Waals surface area contributed by atoms with E-state index < -0.39 is 0 Å². The van der Waals surface area contributed by atoms with Crippen LogP contribution in [-0.4, -0.2) is 4.98 Å².